The Balaban J connectivity index is 1.18. The fourth-order valence-corrected chi connectivity index (χ4v) is 6.68. The summed E-state index contributed by atoms with van der Waals surface area (Å²) in [5.74, 6) is 1.24. The van der Waals surface area contributed by atoms with Gasteiger partial charge in [-0.3, -0.25) is 0 Å². The van der Waals surface area contributed by atoms with Crippen LogP contribution in [-0.2, 0) is 10.0 Å². The molecule has 2 aromatic rings. The molecule has 9 nitrogen and oxygen atoms in total. The Morgan fingerprint density at radius 2 is 1.65 bits per heavy atom. The molecule has 0 radical (unpaired) electrons. The molecule has 0 amide bonds. The molecule has 3 heterocycles. The molecule has 0 spiro atoms. The molecule has 1 aromatic carbocycles. The molecule has 34 heavy (non-hydrogen) atoms. The van der Waals surface area contributed by atoms with Gasteiger partial charge in [0, 0.05) is 62.9 Å². The van der Waals surface area contributed by atoms with Crippen molar-refractivity contribution in [1.82, 2.24) is 19.2 Å². The van der Waals surface area contributed by atoms with Gasteiger partial charge >= 0.3 is 0 Å². The lowest BCUT2D eigenvalue weighted by molar-refractivity contribution is 0.313. The largest absolute Gasteiger partial charge is 0.369 e. The lowest BCUT2D eigenvalue weighted by atomic mass is 10.1. The zero-order valence-corrected chi connectivity index (χ0v) is 21.9. The fraction of sp³-hybridized carbons (Fsp3) is 0.565. The number of benzene rings is 1. The third-order valence-corrected chi connectivity index (χ3v) is 9.82. The van der Waals surface area contributed by atoms with Crippen LogP contribution in [0.5, 0.6) is 0 Å². The van der Waals surface area contributed by atoms with Crippen molar-refractivity contribution >= 4 is 49.1 Å². The Labute approximate surface area is 210 Å². The Hall–Kier alpha value is -1.95. The van der Waals surface area contributed by atoms with Crippen LogP contribution < -0.4 is 15.5 Å². The van der Waals surface area contributed by atoms with Gasteiger partial charge in [-0.15, -0.1) is 0 Å². The van der Waals surface area contributed by atoms with Crippen LogP contribution in [-0.4, -0.2) is 85.2 Å². The summed E-state index contributed by atoms with van der Waals surface area (Å²) in [6.45, 7) is 5.36. The summed E-state index contributed by atoms with van der Waals surface area (Å²) in [6.07, 6.45) is 4.88. The highest BCUT2D eigenvalue weighted by molar-refractivity contribution is 9.10. The van der Waals surface area contributed by atoms with E-state index in [1.807, 2.05) is 0 Å². The van der Waals surface area contributed by atoms with Gasteiger partial charge in [-0.05, 0) is 72.9 Å². The standard InChI is InChI=1S/C23H32BrN7O2S/c1-29-12-14-30(15-13-29)19-4-2-17(3-5-19)27-23-25-16-21(24)22(28-23)26-18-8-10-31(11-9-18)34(32,33)20-6-7-20/h2-5,16,18,20H,6-15H2,1H3,(H2,25,26,27,28). The number of hydrogen-bond acceptors (Lipinski definition) is 8. The van der Waals surface area contributed by atoms with E-state index in [0.29, 0.717) is 19.0 Å². The third-order valence-electron chi connectivity index (χ3n) is 6.84. The van der Waals surface area contributed by atoms with Crippen LogP contribution in [0.1, 0.15) is 25.7 Å². The van der Waals surface area contributed by atoms with E-state index in [0.717, 1.165) is 67.8 Å². The van der Waals surface area contributed by atoms with Gasteiger partial charge in [0.05, 0.1) is 9.72 Å². The predicted molar refractivity (Wildman–Crippen MR) is 139 cm³/mol. The van der Waals surface area contributed by atoms with Gasteiger partial charge in [0.25, 0.3) is 0 Å². The smallest absolute Gasteiger partial charge is 0.229 e. The van der Waals surface area contributed by atoms with Crippen LogP contribution in [0.15, 0.2) is 34.9 Å². The summed E-state index contributed by atoms with van der Waals surface area (Å²) in [5, 5.41) is 6.63. The highest BCUT2D eigenvalue weighted by atomic mass is 79.9. The molecule has 3 fully saturated rings. The Bertz CT molecular complexity index is 1090. The number of piperazine rings is 1. The van der Waals surface area contributed by atoms with Crippen LogP contribution in [0.3, 0.4) is 0 Å². The minimum absolute atomic E-state index is 0.141. The average molecular weight is 551 g/mol. The van der Waals surface area contributed by atoms with Gasteiger partial charge in [-0.25, -0.2) is 17.7 Å². The maximum Gasteiger partial charge on any atom is 0.229 e. The van der Waals surface area contributed by atoms with Crippen molar-refractivity contribution in [3.05, 3.63) is 34.9 Å². The summed E-state index contributed by atoms with van der Waals surface area (Å²) < 4.78 is 27.4. The van der Waals surface area contributed by atoms with Crippen molar-refractivity contribution in [1.29, 1.82) is 0 Å². The lowest BCUT2D eigenvalue weighted by Crippen LogP contribution is -2.44. The number of rotatable bonds is 7. The Morgan fingerprint density at radius 3 is 2.29 bits per heavy atom. The molecular formula is C23H32BrN7O2S. The van der Waals surface area contributed by atoms with Crippen molar-refractivity contribution in [2.75, 3.05) is 61.8 Å². The van der Waals surface area contributed by atoms with E-state index in [9.17, 15) is 8.42 Å². The molecule has 1 aromatic heterocycles. The molecule has 5 rings (SSSR count). The van der Waals surface area contributed by atoms with Gasteiger partial charge in [0.2, 0.25) is 16.0 Å². The predicted octanol–water partition coefficient (Wildman–Crippen LogP) is 3.10. The molecule has 1 aliphatic carbocycles. The van der Waals surface area contributed by atoms with Crippen LogP contribution in [0, 0.1) is 0 Å². The monoisotopic (exact) mass is 549 g/mol. The van der Waals surface area contributed by atoms with Crippen molar-refractivity contribution in [2.24, 2.45) is 0 Å². The minimum Gasteiger partial charge on any atom is -0.369 e. The molecule has 2 saturated heterocycles. The quantitative estimate of drug-likeness (QED) is 0.544. The second-order valence-electron chi connectivity index (χ2n) is 9.41. The molecule has 11 heteroatoms. The molecule has 1 saturated carbocycles. The number of nitrogens with one attached hydrogen (secondary N) is 2. The molecule has 2 aliphatic heterocycles. The molecule has 184 valence electrons. The Kier molecular flexibility index (Phi) is 6.97. The molecule has 0 bridgehead atoms. The summed E-state index contributed by atoms with van der Waals surface area (Å²) in [4.78, 5) is 13.8. The number of nitrogens with zero attached hydrogens (tertiary/aromatic N) is 5. The number of piperidine rings is 1. The van der Waals surface area contributed by atoms with Crippen molar-refractivity contribution in [2.45, 2.75) is 37.0 Å². The molecular weight excluding hydrogens is 518 g/mol. The number of sulfonamides is 1. The summed E-state index contributed by atoms with van der Waals surface area (Å²) in [7, 11) is -0.931. The first-order valence-electron chi connectivity index (χ1n) is 12.0. The summed E-state index contributed by atoms with van der Waals surface area (Å²) >= 11 is 3.54. The summed E-state index contributed by atoms with van der Waals surface area (Å²) in [6, 6.07) is 8.56. The SMILES string of the molecule is CN1CCN(c2ccc(Nc3ncc(Br)c(NC4CCN(S(=O)(=O)C5CC5)CC4)n3)cc2)CC1. The van der Waals surface area contributed by atoms with E-state index in [2.05, 4.69) is 77.6 Å². The zero-order chi connectivity index (χ0) is 23.7. The van der Waals surface area contributed by atoms with Crippen LogP contribution in [0.25, 0.3) is 0 Å². The highest BCUT2D eigenvalue weighted by Crippen LogP contribution is 2.33. The van der Waals surface area contributed by atoms with Crippen LogP contribution in [0.4, 0.5) is 23.1 Å². The van der Waals surface area contributed by atoms with Crippen molar-refractivity contribution < 1.29 is 8.42 Å². The topological polar surface area (TPSA) is 93.7 Å². The van der Waals surface area contributed by atoms with Crippen LogP contribution >= 0.6 is 15.9 Å². The maximum absolute atomic E-state index is 12.5. The molecule has 0 atom stereocenters. The van der Waals surface area contributed by atoms with Gasteiger partial charge in [-0.1, -0.05) is 0 Å². The van der Waals surface area contributed by atoms with Crippen molar-refractivity contribution in [3.8, 4) is 0 Å². The van der Waals surface area contributed by atoms with Crippen LogP contribution in [0.2, 0.25) is 0 Å². The highest BCUT2D eigenvalue weighted by Gasteiger charge is 2.41. The number of aromatic nitrogens is 2. The third kappa shape index (κ3) is 5.48. The number of halogens is 1. The molecule has 2 N–H and O–H groups in total. The van der Waals surface area contributed by atoms with Gasteiger partial charge in [-0.2, -0.15) is 4.98 Å². The first-order chi connectivity index (χ1) is 16.4. The lowest BCUT2D eigenvalue weighted by Gasteiger charge is -2.34. The second-order valence-corrected chi connectivity index (χ2v) is 12.5. The number of anilines is 4. The van der Waals surface area contributed by atoms with E-state index in [4.69, 9.17) is 0 Å². The van der Waals surface area contributed by atoms with Gasteiger partial charge in [0.15, 0.2) is 0 Å². The van der Waals surface area contributed by atoms with E-state index in [1.165, 1.54) is 5.69 Å². The van der Waals surface area contributed by atoms with E-state index in [1.54, 1.807) is 10.5 Å². The normalized spacial score (nSPS) is 20.9. The molecule has 3 aliphatic rings. The maximum atomic E-state index is 12.5. The van der Waals surface area contributed by atoms with Gasteiger partial charge < -0.3 is 20.4 Å². The van der Waals surface area contributed by atoms with E-state index in [-0.39, 0.29) is 11.3 Å². The number of likely N-dealkylation sites (N-methyl/N-ethyl adjacent to an activating group) is 1. The first-order valence-corrected chi connectivity index (χ1v) is 14.3. The summed E-state index contributed by atoms with van der Waals surface area (Å²) in [5.41, 5.74) is 2.16. The zero-order valence-electron chi connectivity index (χ0n) is 19.5. The first kappa shape index (κ1) is 23.8. The minimum atomic E-state index is -3.09. The average Bonchev–Trinajstić information content (AvgIpc) is 3.69. The van der Waals surface area contributed by atoms with E-state index < -0.39 is 10.0 Å². The van der Waals surface area contributed by atoms with Gasteiger partial charge in [0.1, 0.15) is 5.82 Å². The second kappa shape index (κ2) is 9.96. The molecule has 0 unspecified atom stereocenters. The van der Waals surface area contributed by atoms with Crippen molar-refractivity contribution in [3.63, 3.8) is 0 Å². The fourth-order valence-electron chi connectivity index (χ4n) is 4.50. The van der Waals surface area contributed by atoms with E-state index >= 15 is 0 Å². The number of hydrogen-bond donors (Lipinski definition) is 2. The Morgan fingerprint density at radius 1 is 0.971 bits per heavy atom.